The van der Waals surface area contributed by atoms with Crippen LogP contribution in [-0.4, -0.2) is 6.04 Å². The van der Waals surface area contributed by atoms with E-state index in [-0.39, 0.29) is 0 Å². The van der Waals surface area contributed by atoms with Crippen LogP contribution >= 0.6 is 0 Å². The van der Waals surface area contributed by atoms with Gasteiger partial charge in [-0.2, -0.15) is 0 Å². The standard InChI is InChI=1S/C10H19N/c1-3-4-5-6-10-7-8-11-9(10)2/h7-11H,3-6H2,1-2H3. The van der Waals surface area contributed by atoms with E-state index in [2.05, 4.69) is 31.4 Å². The molecule has 0 saturated heterocycles. The van der Waals surface area contributed by atoms with Gasteiger partial charge in [-0.1, -0.05) is 32.3 Å². The van der Waals surface area contributed by atoms with Crippen LogP contribution in [0.4, 0.5) is 0 Å². The fraction of sp³-hybridized carbons (Fsp3) is 0.800. The second-order valence-electron chi connectivity index (χ2n) is 3.47. The van der Waals surface area contributed by atoms with Crippen LogP contribution in [0.15, 0.2) is 12.3 Å². The number of rotatable bonds is 4. The summed E-state index contributed by atoms with van der Waals surface area (Å²) in [5.74, 6) is 0.793. The van der Waals surface area contributed by atoms with Gasteiger partial charge >= 0.3 is 0 Å². The maximum atomic E-state index is 3.32. The molecule has 0 saturated carbocycles. The van der Waals surface area contributed by atoms with Crippen molar-refractivity contribution < 1.29 is 0 Å². The molecule has 1 aliphatic heterocycles. The number of nitrogens with one attached hydrogen (secondary N) is 1. The Labute approximate surface area is 69.9 Å². The van der Waals surface area contributed by atoms with Gasteiger partial charge < -0.3 is 5.32 Å². The molecule has 2 unspecified atom stereocenters. The van der Waals surface area contributed by atoms with Gasteiger partial charge in [0, 0.05) is 6.04 Å². The molecule has 0 aliphatic carbocycles. The Hall–Kier alpha value is -0.460. The molecule has 2 atom stereocenters. The van der Waals surface area contributed by atoms with Gasteiger partial charge in [0.1, 0.15) is 0 Å². The van der Waals surface area contributed by atoms with Gasteiger partial charge in [-0.05, 0) is 25.5 Å². The molecule has 64 valence electrons. The molecule has 1 heteroatoms. The molecule has 0 fully saturated rings. The smallest absolute Gasteiger partial charge is 0.0290 e. The quantitative estimate of drug-likeness (QED) is 0.612. The van der Waals surface area contributed by atoms with Gasteiger partial charge in [-0.25, -0.2) is 0 Å². The monoisotopic (exact) mass is 153 g/mol. The van der Waals surface area contributed by atoms with Gasteiger partial charge in [-0.3, -0.25) is 0 Å². The van der Waals surface area contributed by atoms with E-state index in [1.54, 1.807) is 0 Å². The molecular formula is C10H19N. The molecule has 1 heterocycles. The molecule has 1 rings (SSSR count). The summed E-state index contributed by atoms with van der Waals surface area (Å²) in [6.45, 7) is 4.52. The normalized spacial score (nSPS) is 28.9. The molecule has 0 radical (unpaired) electrons. The number of hydrogen-bond acceptors (Lipinski definition) is 1. The average Bonchev–Trinajstić information content (AvgIpc) is 2.37. The maximum absolute atomic E-state index is 3.32. The topological polar surface area (TPSA) is 12.0 Å². The van der Waals surface area contributed by atoms with Crippen molar-refractivity contribution in [2.75, 3.05) is 0 Å². The third kappa shape index (κ3) is 2.57. The van der Waals surface area contributed by atoms with Crippen LogP contribution in [0.1, 0.15) is 39.5 Å². The summed E-state index contributed by atoms with van der Waals surface area (Å²) < 4.78 is 0. The van der Waals surface area contributed by atoms with Crippen molar-refractivity contribution in [2.45, 2.75) is 45.6 Å². The van der Waals surface area contributed by atoms with Crippen LogP contribution in [0.5, 0.6) is 0 Å². The minimum atomic E-state index is 0.673. The average molecular weight is 153 g/mol. The van der Waals surface area contributed by atoms with E-state index in [0.717, 1.165) is 5.92 Å². The highest BCUT2D eigenvalue weighted by molar-refractivity contribution is 5.00. The van der Waals surface area contributed by atoms with Crippen LogP contribution in [0.3, 0.4) is 0 Å². The fourth-order valence-electron chi connectivity index (χ4n) is 1.60. The Morgan fingerprint density at radius 1 is 1.36 bits per heavy atom. The molecule has 0 aromatic carbocycles. The van der Waals surface area contributed by atoms with Crippen molar-refractivity contribution in [3.63, 3.8) is 0 Å². The lowest BCUT2D eigenvalue weighted by Gasteiger charge is -2.14. The van der Waals surface area contributed by atoms with Crippen molar-refractivity contribution >= 4 is 0 Å². The molecule has 0 amide bonds. The minimum Gasteiger partial charge on any atom is -0.388 e. The zero-order valence-electron chi connectivity index (χ0n) is 7.64. The molecule has 0 spiro atoms. The van der Waals surface area contributed by atoms with E-state index in [0.29, 0.717) is 6.04 Å². The van der Waals surface area contributed by atoms with Crippen LogP contribution in [0, 0.1) is 5.92 Å². The van der Waals surface area contributed by atoms with Crippen LogP contribution < -0.4 is 5.32 Å². The molecule has 1 nitrogen and oxygen atoms in total. The maximum Gasteiger partial charge on any atom is 0.0290 e. The number of unbranched alkanes of at least 4 members (excludes halogenated alkanes) is 2. The third-order valence-electron chi connectivity index (χ3n) is 2.49. The van der Waals surface area contributed by atoms with Crippen LogP contribution in [-0.2, 0) is 0 Å². The van der Waals surface area contributed by atoms with E-state index in [9.17, 15) is 0 Å². The first-order chi connectivity index (χ1) is 5.34. The van der Waals surface area contributed by atoms with Gasteiger partial charge in [0.15, 0.2) is 0 Å². The molecule has 0 aromatic heterocycles. The van der Waals surface area contributed by atoms with Gasteiger partial charge in [0.2, 0.25) is 0 Å². The highest BCUT2D eigenvalue weighted by atomic mass is 14.9. The lowest BCUT2D eigenvalue weighted by Crippen LogP contribution is -2.22. The summed E-state index contributed by atoms with van der Waals surface area (Å²) in [6, 6.07) is 0.673. The van der Waals surface area contributed by atoms with Gasteiger partial charge in [0.25, 0.3) is 0 Å². The molecular weight excluding hydrogens is 134 g/mol. The SMILES string of the molecule is CCCCCC1C=CNC1C. The summed E-state index contributed by atoms with van der Waals surface area (Å²) in [5.41, 5.74) is 0. The number of hydrogen-bond donors (Lipinski definition) is 1. The Kier molecular flexibility index (Phi) is 3.47. The Balaban J connectivity index is 2.10. The van der Waals surface area contributed by atoms with E-state index in [1.165, 1.54) is 25.7 Å². The first-order valence-corrected chi connectivity index (χ1v) is 4.77. The zero-order chi connectivity index (χ0) is 8.10. The lowest BCUT2D eigenvalue weighted by atomic mass is 9.97. The van der Waals surface area contributed by atoms with Gasteiger partial charge in [-0.15, -0.1) is 0 Å². The Bertz CT molecular complexity index is 129. The summed E-state index contributed by atoms with van der Waals surface area (Å²) in [4.78, 5) is 0. The summed E-state index contributed by atoms with van der Waals surface area (Å²) >= 11 is 0. The zero-order valence-corrected chi connectivity index (χ0v) is 7.64. The molecule has 0 bridgehead atoms. The van der Waals surface area contributed by atoms with Crippen molar-refractivity contribution in [3.05, 3.63) is 12.3 Å². The lowest BCUT2D eigenvalue weighted by molar-refractivity contribution is 0.462. The van der Waals surface area contributed by atoms with Crippen molar-refractivity contribution in [2.24, 2.45) is 5.92 Å². The van der Waals surface area contributed by atoms with Crippen molar-refractivity contribution in [1.29, 1.82) is 0 Å². The van der Waals surface area contributed by atoms with E-state index in [4.69, 9.17) is 0 Å². The Morgan fingerprint density at radius 2 is 2.18 bits per heavy atom. The summed E-state index contributed by atoms with van der Waals surface area (Å²) in [6.07, 6.45) is 9.87. The largest absolute Gasteiger partial charge is 0.388 e. The second kappa shape index (κ2) is 4.42. The molecule has 1 aliphatic rings. The fourth-order valence-corrected chi connectivity index (χ4v) is 1.60. The molecule has 0 aromatic rings. The Morgan fingerprint density at radius 3 is 2.73 bits per heavy atom. The van der Waals surface area contributed by atoms with E-state index < -0.39 is 0 Å². The van der Waals surface area contributed by atoms with Crippen LogP contribution in [0.25, 0.3) is 0 Å². The molecule has 1 N–H and O–H groups in total. The molecule has 11 heavy (non-hydrogen) atoms. The van der Waals surface area contributed by atoms with Crippen molar-refractivity contribution in [3.8, 4) is 0 Å². The third-order valence-corrected chi connectivity index (χ3v) is 2.49. The predicted octanol–water partition coefficient (Wildman–Crippen LogP) is 2.69. The minimum absolute atomic E-state index is 0.673. The predicted molar refractivity (Wildman–Crippen MR) is 49.4 cm³/mol. The van der Waals surface area contributed by atoms with Crippen molar-refractivity contribution in [1.82, 2.24) is 5.32 Å². The second-order valence-corrected chi connectivity index (χ2v) is 3.47. The highest BCUT2D eigenvalue weighted by Crippen LogP contribution is 2.18. The summed E-state index contributed by atoms with van der Waals surface area (Å²) in [5, 5.41) is 3.32. The first kappa shape index (κ1) is 8.63. The van der Waals surface area contributed by atoms with E-state index in [1.807, 2.05) is 0 Å². The van der Waals surface area contributed by atoms with Gasteiger partial charge in [0.05, 0.1) is 0 Å². The first-order valence-electron chi connectivity index (χ1n) is 4.77. The highest BCUT2D eigenvalue weighted by Gasteiger charge is 2.16. The summed E-state index contributed by atoms with van der Waals surface area (Å²) in [7, 11) is 0. The van der Waals surface area contributed by atoms with E-state index >= 15 is 0 Å². The van der Waals surface area contributed by atoms with Crippen LogP contribution in [0.2, 0.25) is 0 Å².